The summed E-state index contributed by atoms with van der Waals surface area (Å²) < 4.78 is 82.2. The van der Waals surface area contributed by atoms with Crippen molar-refractivity contribution in [1.29, 1.82) is 0 Å². The first-order valence-corrected chi connectivity index (χ1v) is 6.62. The maximum Gasteiger partial charge on any atom is 0.472 e. The molecule has 0 saturated carbocycles. The van der Waals surface area contributed by atoms with Gasteiger partial charge in [0.15, 0.2) is 0 Å². The summed E-state index contributed by atoms with van der Waals surface area (Å²) in [7, 11) is -4.72. The van der Waals surface area contributed by atoms with Gasteiger partial charge in [-0.3, -0.25) is 9.05 Å². The lowest BCUT2D eigenvalue weighted by molar-refractivity contribution is -0.214. The first-order chi connectivity index (χ1) is 8.02. The molecule has 1 heterocycles. The van der Waals surface area contributed by atoms with Crippen LogP contribution in [0.2, 0.25) is 0 Å². The van der Waals surface area contributed by atoms with Crippen molar-refractivity contribution in [3.63, 3.8) is 0 Å². The molecule has 1 saturated heterocycles. The van der Waals surface area contributed by atoms with E-state index in [1.165, 1.54) is 0 Å². The smallest absolute Gasteiger partial charge is 0.302 e. The third-order valence-electron chi connectivity index (χ3n) is 2.28. The van der Waals surface area contributed by atoms with Gasteiger partial charge < -0.3 is 4.89 Å². The Hall–Kier alpha value is -0.240. The molecule has 2 unspecified atom stereocenters. The van der Waals surface area contributed by atoms with Crippen molar-refractivity contribution in [2.45, 2.75) is 43.9 Å². The minimum absolute atomic E-state index is 0.123. The summed E-state index contributed by atoms with van der Waals surface area (Å²) in [5.74, 6) is -4.27. The Morgan fingerprint density at radius 3 is 2.39 bits per heavy atom. The molecular formula is C8H12F5O4P. The van der Waals surface area contributed by atoms with Gasteiger partial charge in [0.25, 0.3) is 5.92 Å². The highest BCUT2D eigenvalue weighted by Gasteiger charge is 2.51. The lowest BCUT2D eigenvalue weighted by atomic mass is 10.0. The molecule has 1 fully saturated rings. The van der Waals surface area contributed by atoms with Gasteiger partial charge in [0.05, 0.1) is 6.61 Å². The predicted octanol–water partition coefficient (Wildman–Crippen LogP) is 3.26. The zero-order chi connectivity index (χ0) is 14.0. The SMILES string of the molecule is O=P1(O)OCCCCC(C(F)(F)CC(F)(F)F)O1. The van der Waals surface area contributed by atoms with E-state index in [0.29, 0.717) is 0 Å². The van der Waals surface area contributed by atoms with Crippen molar-refractivity contribution in [2.75, 3.05) is 6.61 Å². The van der Waals surface area contributed by atoms with Gasteiger partial charge in [0.2, 0.25) is 0 Å². The van der Waals surface area contributed by atoms with E-state index in [1.807, 2.05) is 0 Å². The van der Waals surface area contributed by atoms with E-state index in [-0.39, 0.29) is 19.4 Å². The van der Waals surface area contributed by atoms with Gasteiger partial charge in [-0.1, -0.05) is 0 Å². The number of alkyl halides is 5. The van der Waals surface area contributed by atoms with E-state index in [9.17, 15) is 26.5 Å². The van der Waals surface area contributed by atoms with Crippen LogP contribution in [0.4, 0.5) is 22.0 Å². The van der Waals surface area contributed by atoms with Gasteiger partial charge in [-0.25, -0.2) is 13.3 Å². The molecule has 108 valence electrons. The van der Waals surface area contributed by atoms with Crippen molar-refractivity contribution in [2.24, 2.45) is 0 Å². The van der Waals surface area contributed by atoms with Crippen LogP contribution in [0.25, 0.3) is 0 Å². The summed E-state index contributed by atoms with van der Waals surface area (Å²) in [5, 5.41) is 0. The Kier molecular flexibility index (Phi) is 4.75. The van der Waals surface area contributed by atoms with E-state index >= 15 is 0 Å². The van der Waals surface area contributed by atoms with E-state index in [0.717, 1.165) is 0 Å². The number of halogens is 5. The molecule has 1 aliphatic heterocycles. The van der Waals surface area contributed by atoms with Crippen molar-refractivity contribution in [3.05, 3.63) is 0 Å². The van der Waals surface area contributed by atoms with Crippen LogP contribution in [0.15, 0.2) is 0 Å². The molecule has 4 nitrogen and oxygen atoms in total. The number of phosphoric ester groups is 1. The quantitative estimate of drug-likeness (QED) is 0.628. The largest absolute Gasteiger partial charge is 0.472 e. The first kappa shape index (κ1) is 15.8. The van der Waals surface area contributed by atoms with E-state index in [2.05, 4.69) is 9.05 Å². The van der Waals surface area contributed by atoms with Crippen LogP contribution in [0.1, 0.15) is 25.7 Å². The average Bonchev–Trinajstić information content (AvgIpc) is 2.07. The Labute approximate surface area is 99.7 Å². The lowest BCUT2D eigenvalue weighted by Gasteiger charge is -2.30. The van der Waals surface area contributed by atoms with Crippen molar-refractivity contribution >= 4 is 7.82 Å². The lowest BCUT2D eigenvalue weighted by Crippen LogP contribution is -2.40. The summed E-state index contributed by atoms with van der Waals surface area (Å²) in [6, 6.07) is 0. The fourth-order valence-electron chi connectivity index (χ4n) is 1.52. The van der Waals surface area contributed by atoms with E-state index < -0.39 is 38.9 Å². The summed E-state index contributed by atoms with van der Waals surface area (Å²) in [6.45, 7) is -0.161. The third kappa shape index (κ3) is 5.17. The van der Waals surface area contributed by atoms with Crippen LogP contribution in [-0.2, 0) is 13.6 Å². The summed E-state index contributed by atoms with van der Waals surface area (Å²) >= 11 is 0. The molecule has 0 aliphatic carbocycles. The summed E-state index contributed by atoms with van der Waals surface area (Å²) in [4.78, 5) is 9.01. The zero-order valence-corrected chi connectivity index (χ0v) is 10.0. The highest BCUT2D eigenvalue weighted by molar-refractivity contribution is 7.47. The molecule has 1 aliphatic rings. The van der Waals surface area contributed by atoms with Crippen molar-refractivity contribution in [3.8, 4) is 0 Å². The zero-order valence-electron chi connectivity index (χ0n) is 9.12. The van der Waals surface area contributed by atoms with Crippen LogP contribution in [0.3, 0.4) is 0 Å². The third-order valence-corrected chi connectivity index (χ3v) is 3.31. The molecule has 0 amide bonds. The van der Waals surface area contributed by atoms with Crippen molar-refractivity contribution in [1.82, 2.24) is 0 Å². The topological polar surface area (TPSA) is 55.8 Å². The maximum atomic E-state index is 13.3. The minimum atomic E-state index is -5.09. The Balaban J connectivity index is 2.80. The molecule has 0 aromatic heterocycles. The summed E-state index contributed by atoms with van der Waals surface area (Å²) in [5.41, 5.74) is 0. The highest BCUT2D eigenvalue weighted by atomic mass is 31.2. The number of hydrogen-bond acceptors (Lipinski definition) is 3. The molecular weight excluding hydrogens is 286 g/mol. The van der Waals surface area contributed by atoms with Crippen LogP contribution < -0.4 is 0 Å². The minimum Gasteiger partial charge on any atom is -0.302 e. The van der Waals surface area contributed by atoms with Gasteiger partial charge >= 0.3 is 14.0 Å². The predicted molar refractivity (Wildman–Crippen MR) is 50.1 cm³/mol. The Morgan fingerprint density at radius 1 is 1.22 bits per heavy atom. The average molecular weight is 298 g/mol. The van der Waals surface area contributed by atoms with Gasteiger partial charge in [-0.2, -0.15) is 13.2 Å². The van der Waals surface area contributed by atoms with Crippen LogP contribution in [-0.4, -0.2) is 29.7 Å². The van der Waals surface area contributed by atoms with Crippen LogP contribution in [0.5, 0.6) is 0 Å². The monoisotopic (exact) mass is 298 g/mol. The molecule has 1 N–H and O–H groups in total. The molecule has 1 rings (SSSR count). The fourth-order valence-corrected chi connectivity index (χ4v) is 2.53. The Morgan fingerprint density at radius 2 is 1.83 bits per heavy atom. The molecule has 2 atom stereocenters. The second-order valence-corrected chi connectivity index (χ2v) is 5.35. The second kappa shape index (κ2) is 5.40. The molecule has 10 heteroatoms. The highest BCUT2D eigenvalue weighted by Crippen LogP contribution is 2.50. The maximum absolute atomic E-state index is 13.3. The second-order valence-electron chi connectivity index (χ2n) is 3.94. The number of rotatable bonds is 2. The van der Waals surface area contributed by atoms with Gasteiger partial charge in [-0.15, -0.1) is 0 Å². The van der Waals surface area contributed by atoms with E-state index in [1.54, 1.807) is 0 Å². The molecule has 0 aromatic rings. The first-order valence-electron chi connectivity index (χ1n) is 5.12. The van der Waals surface area contributed by atoms with Crippen LogP contribution in [0, 0.1) is 0 Å². The molecule has 0 radical (unpaired) electrons. The molecule has 0 aromatic carbocycles. The fraction of sp³-hybridized carbons (Fsp3) is 1.00. The normalized spacial score (nSPS) is 31.8. The van der Waals surface area contributed by atoms with Crippen LogP contribution >= 0.6 is 7.82 Å². The number of hydrogen-bond donors (Lipinski definition) is 1. The van der Waals surface area contributed by atoms with Gasteiger partial charge in [-0.05, 0) is 19.3 Å². The van der Waals surface area contributed by atoms with Crippen molar-refractivity contribution < 1.29 is 40.5 Å². The molecule has 0 spiro atoms. The Bertz CT molecular complexity index is 332. The van der Waals surface area contributed by atoms with Gasteiger partial charge in [0.1, 0.15) is 12.5 Å². The summed E-state index contributed by atoms with van der Waals surface area (Å²) in [6.07, 6.45) is -9.88. The van der Waals surface area contributed by atoms with E-state index in [4.69, 9.17) is 4.89 Å². The molecule has 18 heavy (non-hydrogen) atoms. The van der Waals surface area contributed by atoms with Gasteiger partial charge in [0, 0.05) is 0 Å². The standard InChI is InChI=1S/C8H12F5O4P/c9-7(10,5-8(11,12)13)6-3-1-2-4-16-18(14,15)17-6/h6H,1-5H2,(H,14,15). The number of phosphoric acid groups is 1. The molecule has 0 bridgehead atoms.